The van der Waals surface area contributed by atoms with Gasteiger partial charge in [0.1, 0.15) is 0 Å². The van der Waals surface area contributed by atoms with E-state index in [1.807, 2.05) is 43.4 Å². The van der Waals surface area contributed by atoms with Gasteiger partial charge in [-0.05, 0) is 66.8 Å². The minimum absolute atomic E-state index is 0.0655. The first kappa shape index (κ1) is 19.8. The third-order valence-corrected chi connectivity index (χ3v) is 7.30. The molecule has 0 aliphatic carbocycles. The van der Waals surface area contributed by atoms with Gasteiger partial charge in [-0.15, -0.1) is 11.3 Å². The predicted molar refractivity (Wildman–Crippen MR) is 117 cm³/mol. The molecule has 0 amide bonds. The summed E-state index contributed by atoms with van der Waals surface area (Å²) in [6.07, 6.45) is 3.50. The van der Waals surface area contributed by atoms with Crippen LogP contribution in [0, 0.1) is 0 Å². The maximum Gasteiger partial charge on any atom is 0.240 e. The first-order valence-electron chi connectivity index (χ1n) is 9.18. The van der Waals surface area contributed by atoms with Gasteiger partial charge in [-0.2, -0.15) is 5.10 Å². The van der Waals surface area contributed by atoms with E-state index in [9.17, 15) is 8.42 Å². The molecule has 4 rings (SSSR count). The zero-order chi connectivity index (χ0) is 20.4. The van der Waals surface area contributed by atoms with Gasteiger partial charge in [0.25, 0.3) is 0 Å². The molecule has 0 spiro atoms. The lowest BCUT2D eigenvalue weighted by Crippen LogP contribution is -2.34. The van der Waals surface area contributed by atoms with Crippen molar-refractivity contribution in [2.24, 2.45) is 0 Å². The fourth-order valence-corrected chi connectivity index (χ4v) is 5.34. The van der Waals surface area contributed by atoms with Crippen LogP contribution in [-0.4, -0.2) is 43.7 Å². The van der Waals surface area contributed by atoms with Crippen molar-refractivity contribution in [1.82, 2.24) is 19.4 Å². The van der Waals surface area contributed by atoms with Crippen molar-refractivity contribution in [2.45, 2.75) is 10.9 Å². The molecule has 0 saturated heterocycles. The van der Waals surface area contributed by atoms with Crippen LogP contribution < -0.4 is 4.72 Å². The molecule has 2 aromatic heterocycles. The summed E-state index contributed by atoms with van der Waals surface area (Å²) in [4.78, 5) is 2.28. The van der Waals surface area contributed by atoms with Crippen LogP contribution in [0.15, 0.2) is 77.3 Å². The number of hydrogen-bond acceptors (Lipinski definition) is 5. The highest BCUT2D eigenvalue weighted by atomic mass is 32.2. The van der Waals surface area contributed by atoms with Gasteiger partial charge in [0.2, 0.25) is 10.0 Å². The van der Waals surface area contributed by atoms with E-state index in [4.69, 9.17) is 0 Å². The SMILES string of the molecule is CN(C)[C@H](CNS(=O)(=O)c1ccc(-n2cccn2)cc1)c1csc2ccccc12. The molecule has 0 aliphatic rings. The summed E-state index contributed by atoms with van der Waals surface area (Å²) in [5.74, 6) is 0. The predicted octanol–water partition coefficient (Wildman–Crippen LogP) is 3.67. The molecular weight excluding hydrogens is 404 g/mol. The lowest BCUT2D eigenvalue weighted by Gasteiger charge is -2.24. The van der Waals surface area contributed by atoms with Crippen LogP contribution in [0.25, 0.3) is 15.8 Å². The summed E-state index contributed by atoms with van der Waals surface area (Å²) in [5.41, 5.74) is 1.94. The Hall–Kier alpha value is -2.52. The van der Waals surface area contributed by atoms with E-state index in [2.05, 4.69) is 27.3 Å². The molecule has 29 heavy (non-hydrogen) atoms. The average Bonchev–Trinajstić information content (AvgIpc) is 3.39. The van der Waals surface area contributed by atoms with E-state index in [0.29, 0.717) is 0 Å². The fraction of sp³-hybridized carbons (Fsp3) is 0.190. The quantitative estimate of drug-likeness (QED) is 0.490. The zero-order valence-electron chi connectivity index (χ0n) is 16.2. The standard InChI is InChI=1S/C21H22N4O2S2/c1-24(2)20(19-15-28-21-7-4-3-6-18(19)21)14-23-29(26,27)17-10-8-16(9-11-17)25-13-5-12-22-25/h3-13,15,20,23H,14H2,1-2H3/t20-/m1/s1. The third kappa shape index (κ3) is 4.11. The molecule has 1 N–H and O–H groups in total. The van der Waals surface area contributed by atoms with Crippen LogP contribution in [0.2, 0.25) is 0 Å². The Labute approximate surface area is 174 Å². The minimum Gasteiger partial charge on any atom is -0.301 e. The molecule has 0 bridgehead atoms. The molecule has 8 heteroatoms. The molecule has 1 atom stereocenters. The number of likely N-dealkylation sites (N-methyl/N-ethyl adjacent to an activating group) is 1. The van der Waals surface area contributed by atoms with Crippen molar-refractivity contribution in [3.63, 3.8) is 0 Å². The van der Waals surface area contributed by atoms with Crippen molar-refractivity contribution >= 4 is 31.4 Å². The van der Waals surface area contributed by atoms with Crippen LogP contribution in [0.4, 0.5) is 0 Å². The number of nitrogens with one attached hydrogen (secondary N) is 1. The number of thiophene rings is 1. The summed E-state index contributed by atoms with van der Waals surface area (Å²) in [7, 11) is 0.303. The Morgan fingerprint density at radius 2 is 1.86 bits per heavy atom. The van der Waals surface area contributed by atoms with Crippen LogP contribution in [0.5, 0.6) is 0 Å². The van der Waals surface area contributed by atoms with Gasteiger partial charge in [-0.25, -0.2) is 17.8 Å². The molecule has 0 aliphatic heterocycles. The first-order chi connectivity index (χ1) is 14.0. The second kappa shape index (κ2) is 8.08. The highest BCUT2D eigenvalue weighted by Crippen LogP contribution is 2.32. The van der Waals surface area contributed by atoms with Gasteiger partial charge in [0, 0.05) is 29.7 Å². The average molecular weight is 427 g/mol. The van der Waals surface area contributed by atoms with E-state index in [0.717, 1.165) is 11.3 Å². The van der Waals surface area contributed by atoms with E-state index in [-0.39, 0.29) is 17.5 Å². The normalized spacial score (nSPS) is 13.2. The Morgan fingerprint density at radius 3 is 2.55 bits per heavy atom. The van der Waals surface area contributed by atoms with Crippen molar-refractivity contribution in [3.05, 3.63) is 77.9 Å². The molecule has 6 nitrogen and oxygen atoms in total. The number of sulfonamides is 1. The molecule has 0 saturated carbocycles. The topological polar surface area (TPSA) is 67.2 Å². The van der Waals surface area contributed by atoms with Gasteiger partial charge >= 0.3 is 0 Å². The van der Waals surface area contributed by atoms with Gasteiger partial charge in [-0.3, -0.25) is 0 Å². The van der Waals surface area contributed by atoms with Crippen LogP contribution in [-0.2, 0) is 10.0 Å². The van der Waals surface area contributed by atoms with Crippen molar-refractivity contribution < 1.29 is 8.42 Å². The lowest BCUT2D eigenvalue weighted by atomic mass is 10.1. The second-order valence-corrected chi connectivity index (χ2v) is 9.64. The van der Waals surface area contributed by atoms with E-state index < -0.39 is 10.0 Å². The maximum atomic E-state index is 12.8. The number of nitrogens with zero attached hydrogens (tertiary/aromatic N) is 3. The van der Waals surface area contributed by atoms with Crippen LogP contribution in [0.3, 0.4) is 0 Å². The molecule has 150 valence electrons. The fourth-order valence-electron chi connectivity index (χ4n) is 3.30. The summed E-state index contributed by atoms with van der Waals surface area (Å²) in [5, 5.41) is 7.44. The van der Waals surface area contributed by atoms with Gasteiger partial charge in [0.05, 0.1) is 10.6 Å². The smallest absolute Gasteiger partial charge is 0.240 e. The zero-order valence-corrected chi connectivity index (χ0v) is 17.8. The van der Waals surface area contributed by atoms with Crippen LogP contribution in [0.1, 0.15) is 11.6 Å². The molecule has 0 radical (unpaired) electrons. The molecular formula is C21H22N4O2S2. The number of fused-ring (bicyclic) bond motifs is 1. The summed E-state index contributed by atoms with van der Waals surface area (Å²) >= 11 is 1.68. The first-order valence-corrected chi connectivity index (χ1v) is 11.5. The third-order valence-electron chi connectivity index (χ3n) is 4.88. The molecule has 2 aromatic carbocycles. The number of aromatic nitrogens is 2. The maximum absolute atomic E-state index is 12.8. The Bertz CT molecular complexity index is 1200. The number of benzene rings is 2. The van der Waals surface area contributed by atoms with Crippen molar-refractivity contribution in [3.8, 4) is 5.69 Å². The van der Waals surface area contributed by atoms with E-state index in [1.165, 1.54) is 10.1 Å². The van der Waals surface area contributed by atoms with Gasteiger partial charge in [-0.1, -0.05) is 18.2 Å². The highest BCUT2D eigenvalue weighted by Gasteiger charge is 2.22. The second-order valence-electron chi connectivity index (χ2n) is 6.96. The highest BCUT2D eigenvalue weighted by molar-refractivity contribution is 7.89. The summed E-state index contributed by atoms with van der Waals surface area (Å²) in [6.45, 7) is 0.289. The van der Waals surface area contributed by atoms with Crippen molar-refractivity contribution in [1.29, 1.82) is 0 Å². The molecule has 2 heterocycles. The molecule has 0 fully saturated rings. The monoisotopic (exact) mass is 426 g/mol. The lowest BCUT2D eigenvalue weighted by molar-refractivity contribution is 0.301. The van der Waals surface area contributed by atoms with Crippen molar-refractivity contribution in [2.75, 3.05) is 20.6 Å². The summed E-state index contributed by atoms with van der Waals surface area (Å²) in [6, 6.07) is 16.6. The van der Waals surface area contributed by atoms with Gasteiger partial charge in [0.15, 0.2) is 0 Å². The van der Waals surface area contributed by atoms with Gasteiger partial charge < -0.3 is 4.90 Å². The van der Waals surface area contributed by atoms with E-state index >= 15 is 0 Å². The number of hydrogen-bond donors (Lipinski definition) is 1. The summed E-state index contributed by atoms with van der Waals surface area (Å²) < 4.78 is 31.3. The molecule has 0 unspecified atom stereocenters. The van der Waals surface area contributed by atoms with E-state index in [1.54, 1.807) is 46.5 Å². The minimum atomic E-state index is -3.62. The Kier molecular flexibility index (Phi) is 5.51. The number of rotatable bonds is 7. The molecule has 4 aromatic rings. The Balaban J connectivity index is 1.54. The van der Waals surface area contributed by atoms with Crippen LogP contribution >= 0.6 is 11.3 Å². The Morgan fingerprint density at radius 1 is 1.10 bits per heavy atom. The largest absolute Gasteiger partial charge is 0.301 e.